The van der Waals surface area contributed by atoms with Crippen molar-refractivity contribution in [2.24, 2.45) is 0 Å². The molecule has 3 rings (SSSR count). The van der Waals surface area contributed by atoms with Crippen molar-refractivity contribution in [1.82, 2.24) is 24.9 Å². The number of anilines is 1. The zero-order valence-corrected chi connectivity index (χ0v) is 17.2. The van der Waals surface area contributed by atoms with Crippen LogP contribution in [0.5, 0.6) is 0 Å². The summed E-state index contributed by atoms with van der Waals surface area (Å²) < 4.78 is 3.72. The largest absolute Gasteiger partial charge is 0.362 e. The highest BCUT2D eigenvalue weighted by molar-refractivity contribution is 7.80. The first-order valence-electron chi connectivity index (χ1n) is 8.51. The molecule has 6 nitrogen and oxygen atoms in total. The van der Waals surface area contributed by atoms with Gasteiger partial charge in [-0.15, -0.1) is 0 Å². The highest BCUT2D eigenvalue weighted by Crippen LogP contribution is 2.22. The summed E-state index contributed by atoms with van der Waals surface area (Å²) in [5.41, 5.74) is 2.79. The number of thiocarbonyl (C=S) groups is 1. The van der Waals surface area contributed by atoms with E-state index < -0.39 is 0 Å². The van der Waals surface area contributed by atoms with Gasteiger partial charge in [0.25, 0.3) is 0 Å². The van der Waals surface area contributed by atoms with Gasteiger partial charge in [-0.05, 0) is 49.3 Å². The van der Waals surface area contributed by atoms with Gasteiger partial charge < -0.3 is 10.6 Å². The summed E-state index contributed by atoms with van der Waals surface area (Å²) in [6.07, 6.45) is 6.51. The summed E-state index contributed by atoms with van der Waals surface area (Å²) in [6, 6.07) is 7.43. The van der Waals surface area contributed by atoms with E-state index in [9.17, 15) is 0 Å². The third-order valence-electron chi connectivity index (χ3n) is 3.86. The fourth-order valence-electron chi connectivity index (χ4n) is 2.55. The van der Waals surface area contributed by atoms with Crippen molar-refractivity contribution >= 4 is 46.2 Å². The molecule has 0 atom stereocenters. The van der Waals surface area contributed by atoms with Crippen molar-refractivity contribution in [2.45, 2.75) is 26.4 Å². The van der Waals surface area contributed by atoms with Gasteiger partial charge in [0.1, 0.15) is 0 Å². The zero-order valence-electron chi connectivity index (χ0n) is 14.8. The average Bonchev–Trinajstić information content (AvgIpc) is 3.23. The molecule has 2 heterocycles. The van der Waals surface area contributed by atoms with E-state index in [2.05, 4.69) is 20.8 Å². The van der Waals surface area contributed by atoms with Crippen LogP contribution in [0.15, 0.2) is 42.9 Å². The van der Waals surface area contributed by atoms with Crippen LogP contribution in [0.3, 0.4) is 0 Å². The average molecular weight is 423 g/mol. The van der Waals surface area contributed by atoms with Crippen LogP contribution in [-0.2, 0) is 13.1 Å². The standard InChI is InChI=1S/C18H20Cl2N6S/c1-13-5-8-25(24-13)7-2-6-21-18(27)23-16-10-22-26(12-16)11-14-3-4-15(19)9-17(14)20/h3-5,8-10,12H,2,6-7,11H2,1H3,(H2,21,23,27). The van der Waals surface area contributed by atoms with Crippen molar-refractivity contribution in [1.29, 1.82) is 0 Å². The minimum absolute atomic E-state index is 0.557. The maximum atomic E-state index is 6.21. The van der Waals surface area contributed by atoms with Gasteiger partial charge in [-0.2, -0.15) is 10.2 Å². The van der Waals surface area contributed by atoms with Gasteiger partial charge in [-0.1, -0.05) is 29.3 Å². The van der Waals surface area contributed by atoms with E-state index >= 15 is 0 Å². The molecule has 2 N–H and O–H groups in total. The van der Waals surface area contributed by atoms with E-state index in [1.807, 2.05) is 42.2 Å². The topological polar surface area (TPSA) is 59.7 Å². The van der Waals surface area contributed by atoms with E-state index in [4.69, 9.17) is 35.4 Å². The second-order valence-electron chi connectivity index (χ2n) is 6.12. The predicted molar refractivity (Wildman–Crippen MR) is 114 cm³/mol. The molecule has 27 heavy (non-hydrogen) atoms. The van der Waals surface area contributed by atoms with Gasteiger partial charge in [-0.25, -0.2) is 0 Å². The predicted octanol–water partition coefficient (Wildman–Crippen LogP) is 4.12. The molecule has 0 aliphatic carbocycles. The first-order valence-corrected chi connectivity index (χ1v) is 9.67. The lowest BCUT2D eigenvalue weighted by Crippen LogP contribution is -2.29. The Bertz CT molecular complexity index is 920. The van der Waals surface area contributed by atoms with E-state index in [1.54, 1.807) is 16.9 Å². The van der Waals surface area contributed by atoms with E-state index in [1.165, 1.54) is 0 Å². The van der Waals surface area contributed by atoms with Gasteiger partial charge in [0.2, 0.25) is 0 Å². The quantitative estimate of drug-likeness (QED) is 0.442. The van der Waals surface area contributed by atoms with Crippen molar-refractivity contribution in [3.05, 3.63) is 64.2 Å². The van der Waals surface area contributed by atoms with Gasteiger partial charge in [0.05, 0.1) is 24.1 Å². The molecule has 0 radical (unpaired) electrons. The van der Waals surface area contributed by atoms with Crippen LogP contribution in [-0.4, -0.2) is 31.2 Å². The van der Waals surface area contributed by atoms with Gasteiger partial charge in [0.15, 0.2) is 5.11 Å². The molecule has 0 saturated heterocycles. The van der Waals surface area contributed by atoms with Crippen LogP contribution in [0.4, 0.5) is 5.69 Å². The molecule has 2 aromatic heterocycles. The molecule has 9 heteroatoms. The van der Waals surface area contributed by atoms with Gasteiger partial charge >= 0.3 is 0 Å². The van der Waals surface area contributed by atoms with Crippen molar-refractivity contribution < 1.29 is 0 Å². The molecule has 0 bridgehead atoms. The SMILES string of the molecule is Cc1ccn(CCCNC(=S)Nc2cnn(Cc3ccc(Cl)cc3Cl)c2)n1. The summed E-state index contributed by atoms with van der Waals surface area (Å²) >= 11 is 17.5. The normalized spacial score (nSPS) is 10.8. The Hall–Kier alpha value is -2.09. The van der Waals surface area contributed by atoms with Gasteiger partial charge in [0, 0.05) is 35.5 Å². The smallest absolute Gasteiger partial charge is 0.170 e. The molecule has 1 aromatic carbocycles. The Morgan fingerprint density at radius 3 is 2.81 bits per heavy atom. The maximum Gasteiger partial charge on any atom is 0.170 e. The second kappa shape index (κ2) is 9.21. The van der Waals surface area contributed by atoms with E-state index in [0.717, 1.165) is 36.5 Å². The first-order chi connectivity index (χ1) is 13.0. The maximum absolute atomic E-state index is 6.21. The summed E-state index contributed by atoms with van der Waals surface area (Å²) in [5.74, 6) is 0. The highest BCUT2D eigenvalue weighted by atomic mass is 35.5. The lowest BCUT2D eigenvalue weighted by Gasteiger charge is -2.09. The monoisotopic (exact) mass is 422 g/mol. The number of aromatic nitrogens is 4. The summed E-state index contributed by atoms with van der Waals surface area (Å²) in [5, 5.41) is 16.8. The fourth-order valence-corrected chi connectivity index (χ4v) is 3.23. The van der Waals surface area contributed by atoms with Gasteiger partial charge in [-0.3, -0.25) is 9.36 Å². The van der Waals surface area contributed by atoms with Crippen LogP contribution < -0.4 is 10.6 Å². The lowest BCUT2D eigenvalue weighted by atomic mass is 10.2. The summed E-state index contributed by atoms with van der Waals surface area (Å²) in [4.78, 5) is 0. The number of nitrogens with one attached hydrogen (secondary N) is 2. The molecule has 142 valence electrons. The number of hydrogen-bond donors (Lipinski definition) is 2. The fraction of sp³-hybridized carbons (Fsp3) is 0.278. The van der Waals surface area contributed by atoms with Crippen LogP contribution in [0.1, 0.15) is 17.7 Å². The lowest BCUT2D eigenvalue weighted by molar-refractivity contribution is 0.570. The molecule has 0 saturated carbocycles. The molecule has 0 aliphatic heterocycles. The Morgan fingerprint density at radius 1 is 1.22 bits per heavy atom. The summed E-state index contributed by atoms with van der Waals surface area (Å²) in [7, 11) is 0. The Kier molecular flexibility index (Phi) is 6.71. The van der Waals surface area contributed by atoms with E-state index in [0.29, 0.717) is 21.7 Å². The first kappa shape index (κ1) is 19.7. The Labute approximate surface area is 173 Å². The van der Waals surface area contributed by atoms with Crippen LogP contribution >= 0.6 is 35.4 Å². The second-order valence-corrected chi connectivity index (χ2v) is 7.37. The van der Waals surface area contributed by atoms with Crippen molar-refractivity contribution in [2.75, 3.05) is 11.9 Å². The number of nitrogens with zero attached hydrogens (tertiary/aromatic N) is 4. The molecule has 0 amide bonds. The Balaban J connectivity index is 1.43. The molecule has 3 aromatic rings. The number of rotatable bonds is 7. The third kappa shape index (κ3) is 5.95. The minimum atomic E-state index is 0.557. The van der Waals surface area contributed by atoms with Crippen molar-refractivity contribution in [3.8, 4) is 0 Å². The van der Waals surface area contributed by atoms with E-state index in [-0.39, 0.29) is 0 Å². The van der Waals surface area contributed by atoms with Crippen LogP contribution in [0.25, 0.3) is 0 Å². The number of aryl methyl sites for hydroxylation is 2. The number of halogens is 2. The summed E-state index contributed by atoms with van der Waals surface area (Å²) in [6.45, 7) is 4.15. The molecule has 0 spiro atoms. The van der Waals surface area contributed by atoms with Crippen LogP contribution in [0, 0.1) is 6.92 Å². The molecule has 0 fully saturated rings. The minimum Gasteiger partial charge on any atom is -0.362 e. The van der Waals surface area contributed by atoms with Crippen LogP contribution in [0.2, 0.25) is 10.0 Å². The molecular weight excluding hydrogens is 403 g/mol. The third-order valence-corrected chi connectivity index (χ3v) is 4.70. The van der Waals surface area contributed by atoms with Crippen molar-refractivity contribution in [3.63, 3.8) is 0 Å². The number of benzene rings is 1. The molecular formula is C18H20Cl2N6S. The molecule has 0 aliphatic rings. The number of hydrogen-bond acceptors (Lipinski definition) is 3. The zero-order chi connectivity index (χ0) is 19.2. The Morgan fingerprint density at radius 2 is 2.07 bits per heavy atom. The molecule has 0 unspecified atom stereocenters. The highest BCUT2D eigenvalue weighted by Gasteiger charge is 2.05.